The first kappa shape index (κ1) is 20.1. The molecule has 0 saturated carbocycles. The van der Waals surface area contributed by atoms with Crippen LogP contribution in [-0.2, 0) is 0 Å². The number of anilines is 2. The summed E-state index contributed by atoms with van der Waals surface area (Å²) in [5.41, 5.74) is 12.8. The third-order valence-electron chi connectivity index (χ3n) is 4.11. The molecule has 0 aromatic heterocycles. The van der Waals surface area contributed by atoms with Crippen LogP contribution in [0.4, 0.5) is 11.4 Å². The minimum Gasteiger partial charge on any atom is -0.457 e. The van der Waals surface area contributed by atoms with Crippen molar-refractivity contribution < 1.29 is 9.47 Å². The Morgan fingerprint density at radius 1 is 0.400 bits per heavy atom. The van der Waals surface area contributed by atoms with E-state index in [1.807, 2.05) is 97.1 Å². The Morgan fingerprint density at radius 3 is 0.967 bits per heavy atom. The maximum absolute atomic E-state index is 5.83. The maximum Gasteiger partial charge on any atom is 0.127 e. The highest BCUT2D eigenvalue weighted by Gasteiger charge is 2.02. The zero-order chi connectivity index (χ0) is 20.8. The molecule has 4 rings (SSSR count). The molecule has 0 spiro atoms. The van der Waals surface area contributed by atoms with E-state index in [4.69, 9.17) is 20.9 Å². The molecule has 4 aromatic carbocycles. The van der Waals surface area contributed by atoms with Crippen LogP contribution in [0, 0.1) is 0 Å². The van der Waals surface area contributed by atoms with Gasteiger partial charge in [-0.25, -0.2) is 0 Å². The summed E-state index contributed by atoms with van der Waals surface area (Å²) in [5, 5.41) is 0. The molecule has 0 heterocycles. The summed E-state index contributed by atoms with van der Waals surface area (Å²) in [6.07, 6.45) is 0. The smallest absolute Gasteiger partial charge is 0.127 e. The first-order valence-electron chi connectivity index (χ1n) is 9.25. The molecule has 4 nitrogen and oxygen atoms in total. The molecule has 0 unspecified atom stereocenters. The average Bonchev–Trinajstić information content (AvgIpc) is 2.77. The summed E-state index contributed by atoms with van der Waals surface area (Å²) in [5.74, 6) is 3.11. The number of hydrogen-bond acceptors (Lipinski definition) is 6. The lowest BCUT2D eigenvalue weighted by Crippen LogP contribution is -1.86. The Kier molecular flexibility index (Phi) is 6.37. The van der Waals surface area contributed by atoms with Gasteiger partial charge in [0, 0.05) is 21.2 Å². The standard InChI is InChI=1S/C24H20N2O2S2/c25-17-1-5-19(6-2-17)27-21-9-13-23(14-10-21)29-30-24-15-11-22(12-16-24)28-20-7-3-18(26)4-8-20/h1-16H,25-26H2. The molecule has 4 aromatic rings. The van der Waals surface area contributed by atoms with E-state index in [1.165, 1.54) is 0 Å². The van der Waals surface area contributed by atoms with E-state index in [0.29, 0.717) is 0 Å². The summed E-state index contributed by atoms with van der Waals surface area (Å²) < 4.78 is 11.7. The Bertz CT molecular complexity index is 991. The van der Waals surface area contributed by atoms with Crippen LogP contribution in [0.25, 0.3) is 0 Å². The second kappa shape index (κ2) is 9.52. The predicted molar refractivity (Wildman–Crippen MR) is 126 cm³/mol. The minimum atomic E-state index is 0.718. The Labute approximate surface area is 183 Å². The summed E-state index contributed by atoms with van der Waals surface area (Å²) in [7, 11) is 3.38. The molecule has 0 amide bonds. The maximum atomic E-state index is 5.83. The Hall–Kier alpha value is -3.22. The zero-order valence-electron chi connectivity index (χ0n) is 16.0. The van der Waals surface area contributed by atoms with Crippen molar-refractivity contribution >= 4 is 33.0 Å². The molecule has 0 saturated heterocycles. The molecule has 150 valence electrons. The minimum absolute atomic E-state index is 0.718. The number of benzene rings is 4. The van der Waals surface area contributed by atoms with Crippen molar-refractivity contribution in [3.05, 3.63) is 97.1 Å². The van der Waals surface area contributed by atoms with Crippen LogP contribution < -0.4 is 20.9 Å². The van der Waals surface area contributed by atoms with Gasteiger partial charge in [0.25, 0.3) is 0 Å². The lowest BCUT2D eigenvalue weighted by molar-refractivity contribution is 0.482. The normalized spacial score (nSPS) is 10.5. The van der Waals surface area contributed by atoms with Gasteiger partial charge in [0.15, 0.2) is 0 Å². The molecule has 0 atom stereocenters. The molecule has 0 aliphatic carbocycles. The highest BCUT2D eigenvalue weighted by atomic mass is 33.1. The fraction of sp³-hybridized carbons (Fsp3) is 0. The number of nitrogens with two attached hydrogens (primary N) is 2. The van der Waals surface area contributed by atoms with E-state index in [-0.39, 0.29) is 0 Å². The van der Waals surface area contributed by atoms with Crippen molar-refractivity contribution in [3.8, 4) is 23.0 Å². The van der Waals surface area contributed by atoms with Gasteiger partial charge in [-0.3, -0.25) is 0 Å². The highest BCUT2D eigenvalue weighted by Crippen LogP contribution is 2.39. The molecule has 0 fully saturated rings. The van der Waals surface area contributed by atoms with Crippen molar-refractivity contribution in [2.75, 3.05) is 11.5 Å². The van der Waals surface area contributed by atoms with Gasteiger partial charge in [0.2, 0.25) is 0 Å². The van der Waals surface area contributed by atoms with E-state index in [1.54, 1.807) is 21.6 Å². The quantitative estimate of drug-likeness (QED) is 0.237. The first-order valence-corrected chi connectivity index (χ1v) is 11.4. The van der Waals surface area contributed by atoms with Gasteiger partial charge >= 0.3 is 0 Å². The van der Waals surface area contributed by atoms with Crippen LogP contribution in [-0.4, -0.2) is 0 Å². The van der Waals surface area contributed by atoms with E-state index in [0.717, 1.165) is 44.2 Å². The van der Waals surface area contributed by atoms with Gasteiger partial charge in [-0.15, -0.1) is 0 Å². The van der Waals surface area contributed by atoms with Crippen molar-refractivity contribution in [2.24, 2.45) is 0 Å². The van der Waals surface area contributed by atoms with Gasteiger partial charge in [-0.1, -0.05) is 21.6 Å². The number of hydrogen-bond donors (Lipinski definition) is 2. The van der Waals surface area contributed by atoms with E-state index >= 15 is 0 Å². The molecular formula is C24H20N2O2S2. The highest BCUT2D eigenvalue weighted by molar-refractivity contribution is 8.76. The molecule has 6 heteroatoms. The van der Waals surface area contributed by atoms with Crippen molar-refractivity contribution in [3.63, 3.8) is 0 Å². The average molecular weight is 433 g/mol. The van der Waals surface area contributed by atoms with Crippen LogP contribution in [0.2, 0.25) is 0 Å². The van der Waals surface area contributed by atoms with Gasteiger partial charge in [0.1, 0.15) is 23.0 Å². The predicted octanol–water partition coefficient (Wildman–Crippen LogP) is 7.24. The summed E-state index contributed by atoms with van der Waals surface area (Å²) in [6.45, 7) is 0. The largest absolute Gasteiger partial charge is 0.457 e. The summed E-state index contributed by atoms with van der Waals surface area (Å²) in [6, 6.07) is 30.7. The molecule has 0 bridgehead atoms. The van der Waals surface area contributed by atoms with Crippen LogP contribution in [0.5, 0.6) is 23.0 Å². The van der Waals surface area contributed by atoms with Crippen molar-refractivity contribution in [2.45, 2.75) is 9.79 Å². The summed E-state index contributed by atoms with van der Waals surface area (Å²) in [4.78, 5) is 2.29. The number of nitrogen functional groups attached to an aromatic ring is 2. The van der Waals surface area contributed by atoms with E-state index < -0.39 is 0 Å². The van der Waals surface area contributed by atoms with E-state index in [9.17, 15) is 0 Å². The van der Waals surface area contributed by atoms with Crippen LogP contribution in [0.3, 0.4) is 0 Å². The number of ether oxygens (including phenoxy) is 2. The fourth-order valence-corrected chi connectivity index (χ4v) is 4.50. The molecule has 0 aliphatic rings. The lowest BCUT2D eigenvalue weighted by Gasteiger charge is -2.08. The SMILES string of the molecule is Nc1ccc(Oc2ccc(SSc3ccc(Oc4ccc(N)cc4)cc3)cc2)cc1. The van der Waals surface area contributed by atoms with Crippen LogP contribution in [0.1, 0.15) is 0 Å². The van der Waals surface area contributed by atoms with E-state index in [2.05, 4.69) is 0 Å². The third-order valence-corrected chi connectivity index (χ3v) is 6.53. The zero-order valence-corrected chi connectivity index (χ0v) is 17.7. The molecule has 30 heavy (non-hydrogen) atoms. The molecular weight excluding hydrogens is 412 g/mol. The molecule has 0 radical (unpaired) electrons. The van der Waals surface area contributed by atoms with Crippen LogP contribution in [0.15, 0.2) is 107 Å². The Morgan fingerprint density at radius 2 is 0.667 bits per heavy atom. The topological polar surface area (TPSA) is 70.5 Å². The molecule has 0 aliphatic heterocycles. The van der Waals surface area contributed by atoms with Gasteiger partial charge in [-0.2, -0.15) is 0 Å². The van der Waals surface area contributed by atoms with Gasteiger partial charge < -0.3 is 20.9 Å². The van der Waals surface area contributed by atoms with Crippen LogP contribution >= 0.6 is 21.6 Å². The second-order valence-corrected chi connectivity index (χ2v) is 8.73. The Balaban J connectivity index is 1.29. The fourth-order valence-electron chi connectivity index (χ4n) is 2.57. The molecule has 4 N–H and O–H groups in total. The number of rotatable bonds is 7. The third kappa shape index (κ3) is 5.65. The lowest BCUT2D eigenvalue weighted by atomic mass is 10.3. The summed E-state index contributed by atoms with van der Waals surface area (Å²) >= 11 is 0. The van der Waals surface area contributed by atoms with Crippen molar-refractivity contribution in [1.29, 1.82) is 0 Å². The van der Waals surface area contributed by atoms with Gasteiger partial charge in [-0.05, 0) is 97.1 Å². The first-order chi connectivity index (χ1) is 14.6. The van der Waals surface area contributed by atoms with Gasteiger partial charge in [0.05, 0.1) is 0 Å². The monoisotopic (exact) mass is 432 g/mol. The van der Waals surface area contributed by atoms with Crippen molar-refractivity contribution in [1.82, 2.24) is 0 Å². The second-order valence-electron chi connectivity index (χ2n) is 6.45.